The molecule has 6 nitrogen and oxygen atoms in total. The Hall–Kier alpha value is -2.22. The van der Waals surface area contributed by atoms with Crippen molar-refractivity contribution in [2.45, 2.75) is 24.3 Å². The van der Waals surface area contributed by atoms with Crippen molar-refractivity contribution >= 4 is 11.8 Å². The van der Waals surface area contributed by atoms with Crippen LogP contribution in [0.25, 0.3) is 11.5 Å². The summed E-state index contributed by atoms with van der Waals surface area (Å²) in [6.07, 6.45) is 0. The van der Waals surface area contributed by atoms with Crippen LogP contribution in [0.1, 0.15) is 23.9 Å². The summed E-state index contributed by atoms with van der Waals surface area (Å²) in [6, 6.07) is 5.94. The molecule has 0 saturated carbocycles. The van der Waals surface area contributed by atoms with Gasteiger partial charge < -0.3 is 8.98 Å². The predicted octanol–water partition coefficient (Wildman–Crippen LogP) is 3.17. The van der Waals surface area contributed by atoms with Gasteiger partial charge in [-0.05, 0) is 38.1 Å². The van der Waals surface area contributed by atoms with Gasteiger partial charge in [0, 0.05) is 12.6 Å². The summed E-state index contributed by atoms with van der Waals surface area (Å²) < 4.78 is 20.5. The second-order valence-corrected chi connectivity index (χ2v) is 6.11. The smallest absolute Gasteiger partial charge is 0.247 e. The average Bonchev–Trinajstić information content (AvgIpc) is 3.11. The van der Waals surface area contributed by atoms with E-state index >= 15 is 0 Å². The van der Waals surface area contributed by atoms with Crippen LogP contribution >= 0.6 is 11.8 Å². The fraction of sp³-hybridized carbons (Fsp3) is 0.286. The van der Waals surface area contributed by atoms with E-state index in [4.69, 9.17) is 4.42 Å². The zero-order valence-electron chi connectivity index (χ0n) is 12.3. The summed E-state index contributed by atoms with van der Waals surface area (Å²) in [5.74, 6) is 1.40. The number of nitrogens with zero attached hydrogens (tertiary/aromatic N) is 5. The van der Waals surface area contributed by atoms with Crippen LogP contribution in [0.15, 0.2) is 33.8 Å². The molecule has 3 rings (SSSR count). The van der Waals surface area contributed by atoms with Crippen LogP contribution in [0.3, 0.4) is 0 Å². The zero-order valence-corrected chi connectivity index (χ0v) is 13.1. The summed E-state index contributed by atoms with van der Waals surface area (Å²) >= 11 is 1.49. The number of benzene rings is 1. The Kier molecular flexibility index (Phi) is 3.93. The highest BCUT2D eigenvalue weighted by molar-refractivity contribution is 7.99. The lowest BCUT2D eigenvalue weighted by molar-refractivity contribution is 0.508. The first-order chi connectivity index (χ1) is 10.5. The van der Waals surface area contributed by atoms with E-state index in [2.05, 4.69) is 20.4 Å². The van der Waals surface area contributed by atoms with Crippen LogP contribution in [-0.4, -0.2) is 25.0 Å². The van der Waals surface area contributed by atoms with Crippen LogP contribution in [-0.2, 0) is 7.05 Å². The van der Waals surface area contributed by atoms with E-state index < -0.39 is 0 Å². The summed E-state index contributed by atoms with van der Waals surface area (Å²) in [4.78, 5) is 0. The molecule has 1 aromatic carbocycles. The van der Waals surface area contributed by atoms with Gasteiger partial charge in [-0.15, -0.1) is 20.4 Å². The summed E-state index contributed by atoms with van der Waals surface area (Å²) in [5, 5.41) is 16.9. The van der Waals surface area contributed by atoms with Crippen LogP contribution < -0.4 is 0 Å². The largest absolute Gasteiger partial charge is 0.419 e. The van der Waals surface area contributed by atoms with E-state index in [0.717, 1.165) is 11.0 Å². The molecule has 0 bridgehead atoms. The SMILES string of the molecule is Cc1nnc(S[C@H](C)c2nnc(-c3ccc(F)cc3)o2)n1C. The lowest BCUT2D eigenvalue weighted by Gasteiger charge is -2.05. The van der Waals surface area contributed by atoms with Crippen LogP contribution in [0, 0.1) is 12.7 Å². The number of thioether (sulfide) groups is 1. The zero-order chi connectivity index (χ0) is 15.7. The van der Waals surface area contributed by atoms with Gasteiger partial charge >= 0.3 is 0 Å². The van der Waals surface area contributed by atoms with E-state index in [1.54, 1.807) is 12.1 Å². The van der Waals surface area contributed by atoms with Crippen molar-refractivity contribution in [1.82, 2.24) is 25.0 Å². The van der Waals surface area contributed by atoms with Gasteiger partial charge in [-0.25, -0.2) is 4.39 Å². The molecule has 0 amide bonds. The van der Waals surface area contributed by atoms with E-state index in [0.29, 0.717) is 17.3 Å². The quantitative estimate of drug-likeness (QED) is 0.688. The maximum Gasteiger partial charge on any atom is 0.247 e. The van der Waals surface area contributed by atoms with Gasteiger partial charge in [-0.3, -0.25) is 0 Å². The molecule has 1 atom stereocenters. The lowest BCUT2D eigenvalue weighted by Crippen LogP contribution is -1.96. The van der Waals surface area contributed by atoms with Crippen LogP contribution in [0.2, 0.25) is 0 Å². The second-order valence-electron chi connectivity index (χ2n) is 4.80. The van der Waals surface area contributed by atoms with Crippen molar-refractivity contribution in [1.29, 1.82) is 0 Å². The Morgan fingerprint density at radius 1 is 1.14 bits per heavy atom. The molecule has 8 heteroatoms. The first-order valence-corrected chi connectivity index (χ1v) is 7.54. The number of hydrogen-bond donors (Lipinski definition) is 0. The topological polar surface area (TPSA) is 69.6 Å². The number of halogens is 1. The van der Waals surface area contributed by atoms with Gasteiger partial charge in [0.2, 0.25) is 11.8 Å². The van der Waals surface area contributed by atoms with Gasteiger partial charge in [0.15, 0.2) is 5.16 Å². The maximum absolute atomic E-state index is 12.9. The van der Waals surface area contributed by atoms with E-state index in [1.165, 1.54) is 23.9 Å². The van der Waals surface area contributed by atoms with Crippen molar-refractivity contribution in [3.05, 3.63) is 41.8 Å². The van der Waals surface area contributed by atoms with E-state index in [9.17, 15) is 4.39 Å². The van der Waals surface area contributed by atoms with Gasteiger partial charge in [-0.1, -0.05) is 11.8 Å². The molecule has 2 heterocycles. The third kappa shape index (κ3) is 2.87. The monoisotopic (exact) mass is 319 g/mol. The number of aromatic nitrogens is 5. The van der Waals surface area contributed by atoms with Crippen LogP contribution in [0.4, 0.5) is 4.39 Å². The minimum Gasteiger partial charge on any atom is -0.419 e. The molecule has 0 radical (unpaired) electrons. The van der Waals surface area contributed by atoms with Crippen molar-refractivity contribution in [2.75, 3.05) is 0 Å². The molecule has 0 unspecified atom stereocenters. The maximum atomic E-state index is 12.9. The van der Waals surface area contributed by atoms with Crippen molar-refractivity contribution in [3.63, 3.8) is 0 Å². The fourth-order valence-electron chi connectivity index (χ4n) is 1.81. The minimum absolute atomic E-state index is 0.0657. The average molecular weight is 319 g/mol. The fourth-order valence-corrected chi connectivity index (χ4v) is 2.70. The molecule has 0 aliphatic heterocycles. The third-order valence-electron chi connectivity index (χ3n) is 3.21. The number of hydrogen-bond acceptors (Lipinski definition) is 6. The first kappa shape index (κ1) is 14.7. The molecule has 0 fully saturated rings. The standard InChI is InChI=1S/C14H14FN5OS/c1-8(22-14-19-16-9(2)20(14)3)12-17-18-13(21-12)10-4-6-11(15)7-5-10/h4-8H,1-3H3/t8-/m1/s1. The van der Waals surface area contributed by atoms with Crippen LogP contribution in [0.5, 0.6) is 0 Å². The molecule has 3 aromatic rings. The highest BCUT2D eigenvalue weighted by Crippen LogP contribution is 2.34. The second kappa shape index (κ2) is 5.88. The van der Waals surface area contributed by atoms with Crippen molar-refractivity contribution < 1.29 is 8.81 Å². The Morgan fingerprint density at radius 3 is 2.50 bits per heavy atom. The Labute approximate surface area is 130 Å². The normalized spacial score (nSPS) is 12.5. The van der Waals surface area contributed by atoms with Gasteiger partial charge in [0.25, 0.3) is 0 Å². The molecule has 0 saturated heterocycles. The third-order valence-corrected chi connectivity index (χ3v) is 4.34. The summed E-state index contributed by atoms with van der Waals surface area (Å²) in [6.45, 7) is 3.84. The lowest BCUT2D eigenvalue weighted by atomic mass is 10.2. The van der Waals surface area contributed by atoms with E-state index in [-0.39, 0.29) is 11.1 Å². The Morgan fingerprint density at radius 2 is 1.86 bits per heavy atom. The number of rotatable bonds is 4. The molecular formula is C14H14FN5OS. The summed E-state index contributed by atoms with van der Waals surface area (Å²) in [5.41, 5.74) is 0.687. The molecule has 22 heavy (non-hydrogen) atoms. The summed E-state index contributed by atoms with van der Waals surface area (Å²) in [7, 11) is 1.90. The van der Waals surface area contributed by atoms with E-state index in [1.807, 2.05) is 25.5 Å². The highest BCUT2D eigenvalue weighted by Gasteiger charge is 2.19. The Balaban J connectivity index is 1.78. The molecule has 0 aliphatic rings. The molecule has 114 valence electrons. The van der Waals surface area contributed by atoms with Gasteiger partial charge in [0.1, 0.15) is 11.6 Å². The molecule has 0 N–H and O–H groups in total. The van der Waals surface area contributed by atoms with Crippen molar-refractivity contribution in [2.24, 2.45) is 7.05 Å². The number of aryl methyl sites for hydroxylation is 1. The molecular weight excluding hydrogens is 305 g/mol. The minimum atomic E-state index is -0.301. The highest BCUT2D eigenvalue weighted by atomic mass is 32.2. The first-order valence-electron chi connectivity index (χ1n) is 6.66. The predicted molar refractivity (Wildman–Crippen MR) is 79.7 cm³/mol. The molecule has 0 spiro atoms. The van der Waals surface area contributed by atoms with Crippen molar-refractivity contribution in [3.8, 4) is 11.5 Å². The molecule has 0 aliphatic carbocycles. The Bertz CT molecular complexity index is 783. The van der Waals surface area contributed by atoms with Gasteiger partial charge in [0.05, 0.1) is 5.25 Å². The molecule has 2 aromatic heterocycles. The van der Waals surface area contributed by atoms with Gasteiger partial charge in [-0.2, -0.15) is 0 Å².